The molecule has 1 saturated carbocycles. The Morgan fingerprint density at radius 2 is 2.00 bits per heavy atom. The van der Waals surface area contributed by atoms with Gasteiger partial charge in [-0.3, -0.25) is 4.79 Å². The molecule has 0 bridgehead atoms. The molecule has 1 aliphatic carbocycles. The number of rotatable bonds is 3. The summed E-state index contributed by atoms with van der Waals surface area (Å²) >= 11 is 0. The molecule has 2 N–H and O–H groups in total. The molecule has 0 unspecified atom stereocenters. The van der Waals surface area contributed by atoms with Crippen LogP contribution in [-0.4, -0.2) is 29.5 Å². The van der Waals surface area contributed by atoms with Gasteiger partial charge in [-0.1, -0.05) is 19.3 Å². The second-order valence-electron chi connectivity index (χ2n) is 4.20. The number of carbonyl (C=O) groups excluding carboxylic acids is 1. The first-order valence-electron chi connectivity index (χ1n) is 5.58. The molecule has 0 radical (unpaired) electrons. The maximum atomic E-state index is 11.3. The zero-order valence-electron chi connectivity index (χ0n) is 8.99. The number of hydrogen-bond donors (Lipinski definition) is 2. The third kappa shape index (κ3) is 2.18. The molecule has 0 saturated heterocycles. The topological polar surface area (TPSA) is 75.6 Å². The van der Waals surface area contributed by atoms with Gasteiger partial charge in [0.2, 0.25) is 11.7 Å². The van der Waals surface area contributed by atoms with Crippen LogP contribution >= 0.6 is 0 Å². The van der Waals surface area contributed by atoms with Crippen LogP contribution in [0, 0.1) is 0 Å². The van der Waals surface area contributed by atoms with Gasteiger partial charge in [0.05, 0.1) is 0 Å². The van der Waals surface area contributed by atoms with Crippen molar-refractivity contribution in [3.05, 3.63) is 11.5 Å². The molecule has 0 amide bonds. The molecule has 1 heterocycles. The van der Waals surface area contributed by atoms with Crippen LogP contribution in [0.4, 0.5) is 0 Å². The third-order valence-electron chi connectivity index (χ3n) is 3.01. The Kier molecular flexibility index (Phi) is 3.12. The van der Waals surface area contributed by atoms with Crippen molar-refractivity contribution in [3.63, 3.8) is 0 Å². The average Bonchev–Trinajstić information content (AvgIpc) is 2.61. The highest BCUT2D eigenvalue weighted by Gasteiger charge is 2.32. The Balaban J connectivity index is 2.06. The van der Waals surface area contributed by atoms with E-state index >= 15 is 0 Å². The monoisotopic (exact) mass is 225 g/mol. The maximum Gasteiger partial charge on any atom is 0.344 e. The molecule has 2 aliphatic rings. The van der Waals surface area contributed by atoms with Crippen LogP contribution in [-0.2, 0) is 14.3 Å². The van der Waals surface area contributed by atoms with Crippen molar-refractivity contribution >= 4 is 11.8 Å². The fourth-order valence-electron chi connectivity index (χ4n) is 2.17. The molecular weight excluding hydrogens is 210 g/mol. The smallest absolute Gasteiger partial charge is 0.344 e. The van der Waals surface area contributed by atoms with Gasteiger partial charge in [0.1, 0.15) is 0 Å². The van der Waals surface area contributed by atoms with Gasteiger partial charge in [-0.15, -0.1) is 0 Å². The minimum absolute atomic E-state index is 0.156. The Bertz CT molecular complexity index is 342. The lowest BCUT2D eigenvalue weighted by Crippen LogP contribution is -2.31. The summed E-state index contributed by atoms with van der Waals surface area (Å²) in [6.07, 6.45) is 5.52. The summed E-state index contributed by atoms with van der Waals surface area (Å²) in [5.74, 6) is -1.50. The first-order valence-corrected chi connectivity index (χ1v) is 5.58. The molecule has 16 heavy (non-hydrogen) atoms. The minimum Gasteiger partial charge on any atom is -0.477 e. The first kappa shape index (κ1) is 11.0. The van der Waals surface area contributed by atoms with Gasteiger partial charge in [0.25, 0.3) is 0 Å². The van der Waals surface area contributed by atoms with E-state index in [4.69, 9.17) is 9.84 Å². The summed E-state index contributed by atoms with van der Waals surface area (Å²) in [5, 5.41) is 11.9. The lowest BCUT2D eigenvalue weighted by molar-refractivity contribution is -0.134. The molecule has 5 heteroatoms. The summed E-state index contributed by atoms with van der Waals surface area (Å²) in [6, 6.07) is 0.240. The van der Waals surface area contributed by atoms with Crippen LogP contribution in [0.5, 0.6) is 0 Å². The van der Waals surface area contributed by atoms with E-state index in [1.165, 1.54) is 6.42 Å². The number of carboxylic acid groups (broad SMARTS) is 1. The van der Waals surface area contributed by atoms with E-state index in [0.717, 1.165) is 25.7 Å². The normalized spacial score (nSPS) is 22.1. The first-order chi connectivity index (χ1) is 7.68. The summed E-state index contributed by atoms with van der Waals surface area (Å²) in [5.41, 5.74) is -0.231. The highest BCUT2D eigenvalue weighted by molar-refractivity contribution is 6.18. The molecular formula is C11H15NO4. The van der Waals surface area contributed by atoms with Crippen molar-refractivity contribution in [1.82, 2.24) is 5.32 Å². The van der Waals surface area contributed by atoms with Crippen LogP contribution in [0.3, 0.4) is 0 Å². The SMILES string of the molecule is O=C(O)C1=C(NC2CCCCC2)OCC1=O. The van der Waals surface area contributed by atoms with Gasteiger partial charge in [0, 0.05) is 6.04 Å². The summed E-state index contributed by atoms with van der Waals surface area (Å²) in [4.78, 5) is 22.1. The second-order valence-corrected chi connectivity index (χ2v) is 4.20. The van der Waals surface area contributed by atoms with Gasteiger partial charge in [-0.2, -0.15) is 0 Å². The Labute approximate surface area is 93.5 Å². The van der Waals surface area contributed by atoms with Crippen molar-refractivity contribution in [3.8, 4) is 0 Å². The predicted octanol–water partition coefficient (Wildman–Crippen LogP) is 0.804. The van der Waals surface area contributed by atoms with Crippen LogP contribution in [0.15, 0.2) is 11.5 Å². The fourth-order valence-corrected chi connectivity index (χ4v) is 2.17. The van der Waals surface area contributed by atoms with Crippen LogP contribution < -0.4 is 5.32 Å². The molecule has 0 spiro atoms. The number of carboxylic acids is 1. The van der Waals surface area contributed by atoms with Gasteiger partial charge in [0.15, 0.2) is 12.2 Å². The maximum absolute atomic E-state index is 11.3. The standard InChI is InChI=1S/C11H15NO4/c13-8-6-16-10(9(8)11(14)15)12-7-4-2-1-3-5-7/h7,12H,1-6H2,(H,14,15). The predicted molar refractivity (Wildman–Crippen MR) is 55.6 cm³/mol. The summed E-state index contributed by atoms with van der Waals surface area (Å²) < 4.78 is 5.08. The van der Waals surface area contributed by atoms with Crippen molar-refractivity contribution in [2.24, 2.45) is 0 Å². The van der Waals surface area contributed by atoms with Crippen LogP contribution in [0.2, 0.25) is 0 Å². The van der Waals surface area contributed by atoms with Crippen molar-refractivity contribution in [1.29, 1.82) is 0 Å². The number of aliphatic carboxylic acids is 1. The summed E-state index contributed by atoms with van der Waals surface area (Å²) in [6.45, 7) is -0.156. The molecule has 0 aromatic rings. The number of ketones is 1. The fraction of sp³-hybridized carbons (Fsp3) is 0.636. The average molecular weight is 225 g/mol. The van der Waals surface area contributed by atoms with E-state index in [2.05, 4.69) is 5.32 Å². The van der Waals surface area contributed by atoms with Gasteiger partial charge >= 0.3 is 5.97 Å². The molecule has 1 fully saturated rings. The minimum atomic E-state index is -1.21. The lowest BCUT2D eigenvalue weighted by atomic mass is 9.95. The van der Waals surface area contributed by atoms with E-state index in [9.17, 15) is 9.59 Å². The Hall–Kier alpha value is -1.52. The van der Waals surface area contributed by atoms with Gasteiger partial charge in [-0.25, -0.2) is 4.79 Å². The van der Waals surface area contributed by atoms with E-state index < -0.39 is 11.8 Å². The van der Waals surface area contributed by atoms with Gasteiger partial charge < -0.3 is 15.2 Å². The molecule has 0 aromatic heterocycles. The number of Topliss-reactive ketones (excluding diaryl/α,β-unsaturated/α-hetero) is 1. The lowest BCUT2D eigenvalue weighted by Gasteiger charge is -2.23. The highest BCUT2D eigenvalue weighted by atomic mass is 16.5. The van der Waals surface area contributed by atoms with E-state index in [1.807, 2.05) is 0 Å². The quantitative estimate of drug-likeness (QED) is 0.695. The summed E-state index contributed by atoms with van der Waals surface area (Å²) in [7, 11) is 0. The van der Waals surface area contributed by atoms with E-state index in [1.54, 1.807) is 0 Å². The Morgan fingerprint density at radius 1 is 1.31 bits per heavy atom. The number of ether oxygens (including phenoxy) is 1. The number of hydrogen-bond acceptors (Lipinski definition) is 4. The molecule has 5 nitrogen and oxygen atoms in total. The van der Waals surface area contributed by atoms with E-state index in [0.29, 0.717) is 0 Å². The van der Waals surface area contributed by atoms with E-state index in [-0.39, 0.29) is 24.1 Å². The molecule has 0 atom stereocenters. The molecule has 2 rings (SSSR count). The highest BCUT2D eigenvalue weighted by Crippen LogP contribution is 2.21. The molecule has 0 aromatic carbocycles. The van der Waals surface area contributed by atoms with Crippen LogP contribution in [0.1, 0.15) is 32.1 Å². The number of nitrogens with one attached hydrogen (secondary N) is 1. The zero-order valence-corrected chi connectivity index (χ0v) is 8.99. The third-order valence-corrected chi connectivity index (χ3v) is 3.01. The molecule has 1 aliphatic heterocycles. The molecule has 88 valence electrons. The van der Waals surface area contributed by atoms with Gasteiger partial charge in [-0.05, 0) is 12.8 Å². The Morgan fingerprint density at radius 3 is 2.62 bits per heavy atom. The largest absolute Gasteiger partial charge is 0.477 e. The second kappa shape index (κ2) is 4.55. The van der Waals surface area contributed by atoms with Crippen molar-refractivity contribution in [2.75, 3.05) is 6.61 Å². The van der Waals surface area contributed by atoms with Crippen molar-refractivity contribution < 1.29 is 19.4 Å². The number of carbonyl (C=O) groups is 2. The van der Waals surface area contributed by atoms with Crippen molar-refractivity contribution in [2.45, 2.75) is 38.1 Å². The van der Waals surface area contributed by atoms with Crippen LogP contribution in [0.25, 0.3) is 0 Å². The zero-order chi connectivity index (χ0) is 11.5.